The molecule has 0 aliphatic carbocycles. The highest BCUT2D eigenvalue weighted by atomic mass is 16.7. The van der Waals surface area contributed by atoms with E-state index in [2.05, 4.69) is 52.0 Å². The quantitative estimate of drug-likeness (QED) is 0.579. The van der Waals surface area contributed by atoms with Gasteiger partial charge in [0.1, 0.15) is 11.4 Å². The Morgan fingerprint density at radius 3 is 2.22 bits per heavy atom. The first-order chi connectivity index (χ1) is 12.4. The Morgan fingerprint density at radius 2 is 1.67 bits per heavy atom. The highest BCUT2D eigenvalue weighted by molar-refractivity contribution is 6.62. The van der Waals surface area contributed by atoms with Crippen LogP contribution in [0.3, 0.4) is 0 Å². The summed E-state index contributed by atoms with van der Waals surface area (Å²) in [6.45, 7) is 16.9. The fourth-order valence-electron chi connectivity index (χ4n) is 3.19. The normalized spacial score (nSPS) is 22.1. The second-order valence-corrected chi connectivity index (χ2v) is 9.10. The van der Waals surface area contributed by atoms with E-state index in [0.717, 1.165) is 22.3 Å². The van der Waals surface area contributed by atoms with Crippen molar-refractivity contribution in [1.82, 2.24) is 0 Å². The van der Waals surface area contributed by atoms with E-state index in [1.165, 1.54) is 5.56 Å². The molecule has 1 saturated heterocycles. The Labute approximate surface area is 164 Å². The van der Waals surface area contributed by atoms with Crippen molar-refractivity contribution in [3.05, 3.63) is 55.0 Å². The van der Waals surface area contributed by atoms with Crippen LogP contribution in [0.4, 0.5) is 0 Å². The lowest BCUT2D eigenvalue weighted by Crippen LogP contribution is -2.42. The van der Waals surface area contributed by atoms with Gasteiger partial charge in [-0.15, -0.1) is 0 Å². The van der Waals surface area contributed by atoms with E-state index in [1.807, 2.05) is 39.0 Å². The molecule has 0 saturated carbocycles. The van der Waals surface area contributed by atoms with E-state index in [9.17, 15) is 0 Å². The van der Waals surface area contributed by atoms with Gasteiger partial charge in [-0.3, -0.25) is 0 Å². The van der Waals surface area contributed by atoms with Crippen molar-refractivity contribution in [2.24, 2.45) is 0 Å². The first-order valence-electron chi connectivity index (χ1n) is 9.44. The van der Waals surface area contributed by atoms with Gasteiger partial charge in [-0.05, 0) is 41.9 Å². The van der Waals surface area contributed by atoms with E-state index in [1.54, 1.807) is 7.11 Å². The molecule has 3 nitrogen and oxygen atoms in total. The van der Waals surface area contributed by atoms with E-state index in [4.69, 9.17) is 14.0 Å². The first kappa shape index (κ1) is 19.8. The highest BCUT2D eigenvalue weighted by Gasteiger charge is 2.57. The minimum absolute atomic E-state index is 0.00529. The molecule has 142 valence electrons. The number of methoxy groups -OCH3 is 1. The van der Waals surface area contributed by atoms with Gasteiger partial charge in [-0.2, -0.15) is 0 Å². The summed E-state index contributed by atoms with van der Waals surface area (Å²) in [6, 6.07) is 14.6. The summed E-state index contributed by atoms with van der Waals surface area (Å²) in [6.07, 6.45) is 0. The summed E-state index contributed by atoms with van der Waals surface area (Å²) < 4.78 is 18.0. The zero-order chi connectivity index (χ0) is 20.0. The van der Waals surface area contributed by atoms with E-state index in [-0.39, 0.29) is 5.41 Å². The SMILES string of the molecule is [CH2+]C1(C)OB(c2cc(-c3ccccc3OC)cc(C(C)(C)C)c2)OC1(C)C. The minimum atomic E-state index is -0.611. The van der Waals surface area contributed by atoms with Crippen LogP contribution in [0.15, 0.2) is 42.5 Å². The molecule has 3 rings (SSSR count). The van der Waals surface area contributed by atoms with Crippen molar-refractivity contribution in [1.29, 1.82) is 0 Å². The molecule has 4 heteroatoms. The lowest BCUT2D eigenvalue weighted by molar-refractivity contribution is 0.0262. The molecule has 2 aromatic rings. The van der Waals surface area contributed by atoms with Crippen LogP contribution in [0.2, 0.25) is 0 Å². The van der Waals surface area contributed by atoms with Crippen molar-refractivity contribution in [2.45, 2.75) is 58.2 Å². The van der Waals surface area contributed by atoms with Gasteiger partial charge in [-0.25, -0.2) is 0 Å². The fourth-order valence-corrected chi connectivity index (χ4v) is 3.19. The molecule has 0 spiro atoms. The van der Waals surface area contributed by atoms with Crippen LogP contribution in [0, 0.1) is 6.92 Å². The van der Waals surface area contributed by atoms with Crippen LogP contribution >= 0.6 is 0 Å². The molecule has 1 aliphatic heterocycles. The summed E-state index contributed by atoms with van der Waals surface area (Å²) in [7, 11) is 1.26. The zero-order valence-electron chi connectivity index (χ0n) is 17.6. The summed E-state index contributed by atoms with van der Waals surface area (Å²) in [5.41, 5.74) is 3.29. The number of hydrogen-bond donors (Lipinski definition) is 0. The van der Waals surface area contributed by atoms with Crippen molar-refractivity contribution in [3.63, 3.8) is 0 Å². The predicted molar refractivity (Wildman–Crippen MR) is 113 cm³/mol. The molecule has 2 aromatic carbocycles. The van der Waals surface area contributed by atoms with Gasteiger partial charge >= 0.3 is 7.12 Å². The maximum atomic E-state index is 6.25. The standard InChI is InChI=1S/C23H30BO3/c1-21(2,3)17-13-16(19-11-9-10-12-20(19)25-8)14-18(15-17)24-26-22(4,5)23(6,7)27-24/h9-15H,4H2,1-3,5-8H3/q+1. The second kappa shape index (κ2) is 6.61. The summed E-state index contributed by atoms with van der Waals surface area (Å²) >= 11 is 0. The van der Waals surface area contributed by atoms with Gasteiger partial charge in [-0.1, -0.05) is 57.2 Å². The molecule has 0 radical (unpaired) electrons. The largest absolute Gasteiger partial charge is 0.498 e. The predicted octanol–water partition coefficient (Wildman–Crippen LogP) is 4.77. The maximum absolute atomic E-state index is 6.25. The number of hydrogen-bond acceptors (Lipinski definition) is 3. The Balaban J connectivity index is 2.13. The Kier molecular flexibility index (Phi) is 4.86. The van der Waals surface area contributed by atoms with Gasteiger partial charge in [0, 0.05) is 12.5 Å². The van der Waals surface area contributed by atoms with Crippen LogP contribution in [0.1, 0.15) is 47.1 Å². The van der Waals surface area contributed by atoms with Crippen molar-refractivity contribution in [2.75, 3.05) is 7.11 Å². The fraction of sp³-hybridized carbons (Fsp3) is 0.435. The third-order valence-electron chi connectivity index (χ3n) is 5.55. The molecule has 27 heavy (non-hydrogen) atoms. The molecule has 1 fully saturated rings. The Hall–Kier alpha value is -1.91. The third kappa shape index (κ3) is 3.74. The van der Waals surface area contributed by atoms with Crippen molar-refractivity contribution >= 4 is 12.6 Å². The summed E-state index contributed by atoms with van der Waals surface area (Å²) in [5, 5.41) is 0. The Morgan fingerprint density at radius 1 is 1.00 bits per heavy atom. The smallest absolute Gasteiger partial charge is 0.496 e. The maximum Gasteiger partial charge on any atom is 0.498 e. The molecular weight excluding hydrogens is 335 g/mol. The number of benzene rings is 2. The molecule has 0 N–H and O–H groups in total. The van der Waals surface area contributed by atoms with Crippen LogP contribution in [-0.2, 0) is 14.7 Å². The third-order valence-corrected chi connectivity index (χ3v) is 5.55. The number of ether oxygens (including phenoxy) is 1. The molecule has 1 atom stereocenters. The van der Waals surface area contributed by atoms with E-state index in [0.29, 0.717) is 0 Å². The van der Waals surface area contributed by atoms with Crippen LogP contribution in [-0.4, -0.2) is 25.4 Å². The monoisotopic (exact) mass is 365 g/mol. The first-order valence-corrected chi connectivity index (χ1v) is 9.44. The molecule has 0 bridgehead atoms. The summed E-state index contributed by atoms with van der Waals surface area (Å²) in [5.74, 6) is 0.852. The molecule has 0 aromatic heterocycles. The Bertz CT molecular complexity index is 818. The van der Waals surface area contributed by atoms with Gasteiger partial charge < -0.3 is 14.0 Å². The zero-order valence-corrected chi connectivity index (χ0v) is 17.6. The van der Waals surface area contributed by atoms with Gasteiger partial charge in [0.25, 0.3) is 0 Å². The number of para-hydroxylation sites is 1. The van der Waals surface area contributed by atoms with E-state index >= 15 is 0 Å². The van der Waals surface area contributed by atoms with Crippen LogP contribution in [0.5, 0.6) is 5.75 Å². The highest BCUT2D eigenvalue weighted by Crippen LogP contribution is 2.38. The number of rotatable bonds is 3. The van der Waals surface area contributed by atoms with Gasteiger partial charge in [0.05, 0.1) is 14.0 Å². The summed E-state index contributed by atoms with van der Waals surface area (Å²) in [4.78, 5) is 0. The minimum Gasteiger partial charge on any atom is -0.496 e. The average molecular weight is 365 g/mol. The van der Waals surface area contributed by atoms with Crippen molar-refractivity contribution < 1.29 is 14.0 Å². The topological polar surface area (TPSA) is 27.7 Å². The van der Waals surface area contributed by atoms with Crippen molar-refractivity contribution in [3.8, 4) is 16.9 Å². The van der Waals surface area contributed by atoms with Crippen LogP contribution in [0.25, 0.3) is 11.1 Å². The van der Waals surface area contributed by atoms with Crippen LogP contribution < -0.4 is 10.2 Å². The molecule has 1 aliphatic rings. The molecule has 0 amide bonds. The second-order valence-electron chi connectivity index (χ2n) is 9.10. The molecule has 1 heterocycles. The average Bonchev–Trinajstić information content (AvgIpc) is 2.81. The molecule has 1 unspecified atom stereocenters. The van der Waals surface area contributed by atoms with Gasteiger partial charge in [0.2, 0.25) is 5.60 Å². The van der Waals surface area contributed by atoms with Gasteiger partial charge in [0.15, 0.2) is 0 Å². The van der Waals surface area contributed by atoms with E-state index < -0.39 is 18.3 Å². The lowest BCUT2D eigenvalue weighted by atomic mass is 9.74. The molecular formula is C23H30BO3+. The lowest BCUT2D eigenvalue weighted by Gasteiger charge is -2.25.